The Kier molecular flexibility index (Phi) is 4.78. The number of carbonyl (C=O) groups is 1. The lowest BCUT2D eigenvalue weighted by molar-refractivity contribution is 0.0963. The van der Waals surface area contributed by atoms with Crippen molar-refractivity contribution < 1.29 is 9.53 Å². The van der Waals surface area contributed by atoms with Gasteiger partial charge in [0.05, 0.1) is 18.0 Å². The van der Waals surface area contributed by atoms with E-state index >= 15 is 0 Å². The normalized spacial score (nSPS) is 10.1. The van der Waals surface area contributed by atoms with E-state index in [2.05, 4.69) is 5.32 Å². The molecule has 0 fully saturated rings. The van der Waals surface area contributed by atoms with Crippen LogP contribution in [0.2, 0.25) is 0 Å². The minimum Gasteiger partial charge on any atom is -0.397 e. The van der Waals surface area contributed by atoms with Crippen molar-refractivity contribution >= 4 is 17.3 Å². The van der Waals surface area contributed by atoms with E-state index < -0.39 is 0 Å². The van der Waals surface area contributed by atoms with Gasteiger partial charge in [-0.1, -0.05) is 0 Å². The SMILES string of the molecule is CNC(=O)c1ccc(N(C)CCOC)c(N)c1. The van der Waals surface area contributed by atoms with E-state index in [-0.39, 0.29) is 5.91 Å². The summed E-state index contributed by atoms with van der Waals surface area (Å²) in [5.41, 5.74) is 7.97. The van der Waals surface area contributed by atoms with E-state index in [0.717, 1.165) is 12.2 Å². The lowest BCUT2D eigenvalue weighted by atomic mass is 10.1. The molecule has 0 saturated heterocycles. The number of benzene rings is 1. The van der Waals surface area contributed by atoms with Crippen molar-refractivity contribution in [3.63, 3.8) is 0 Å². The smallest absolute Gasteiger partial charge is 0.251 e. The number of ether oxygens (including phenoxy) is 1. The molecule has 0 aliphatic rings. The molecule has 1 amide bonds. The van der Waals surface area contributed by atoms with Crippen LogP contribution in [0.5, 0.6) is 0 Å². The van der Waals surface area contributed by atoms with Gasteiger partial charge in [0, 0.05) is 33.3 Å². The summed E-state index contributed by atoms with van der Waals surface area (Å²) in [5.74, 6) is -0.136. The van der Waals surface area contributed by atoms with E-state index in [1.165, 1.54) is 0 Å². The Labute approximate surface area is 102 Å². The second-order valence-electron chi connectivity index (χ2n) is 3.77. The Morgan fingerprint density at radius 1 is 1.53 bits per heavy atom. The van der Waals surface area contributed by atoms with Crippen LogP contribution in [-0.4, -0.2) is 40.3 Å². The van der Waals surface area contributed by atoms with Gasteiger partial charge in [0.1, 0.15) is 0 Å². The first-order valence-electron chi connectivity index (χ1n) is 5.41. The van der Waals surface area contributed by atoms with Gasteiger partial charge in [0.2, 0.25) is 0 Å². The topological polar surface area (TPSA) is 67.6 Å². The molecule has 0 unspecified atom stereocenters. The number of carbonyl (C=O) groups excluding carboxylic acids is 1. The van der Waals surface area contributed by atoms with Crippen LogP contribution in [0.4, 0.5) is 11.4 Å². The van der Waals surface area contributed by atoms with Gasteiger partial charge in [0.15, 0.2) is 0 Å². The summed E-state index contributed by atoms with van der Waals surface area (Å²) in [6, 6.07) is 5.28. The van der Waals surface area contributed by atoms with Crippen LogP contribution in [0.25, 0.3) is 0 Å². The molecule has 0 spiro atoms. The van der Waals surface area contributed by atoms with E-state index in [4.69, 9.17) is 10.5 Å². The number of nitrogen functional groups attached to an aromatic ring is 1. The number of rotatable bonds is 5. The zero-order valence-corrected chi connectivity index (χ0v) is 10.5. The fourth-order valence-electron chi connectivity index (χ4n) is 1.54. The van der Waals surface area contributed by atoms with Crippen molar-refractivity contribution in [2.45, 2.75) is 0 Å². The quantitative estimate of drug-likeness (QED) is 0.740. The molecule has 0 heterocycles. The molecule has 0 aliphatic carbocycles. The Hall–Kier alpha value is -1.75. The van der Waals surface area contributed by atoms with Crippen molar-refractivity contribution in [1.29, 1.82) is 0 Å². The fraction of sp³-hybridized carbons (Fsp3) is 0.417. The summed E-state index contributed by atoms with van der Waals surface area (Å²) in [5, 5.41) is 2.56. The highest BCUT2D eigenvalue weighted by Crippen LogP contribution is 2.23. The molecular formula is C12H19N3O2. The molecule has 5 heteroatoms. The molecule has 0 bridgehead atoms. The van der Waals surface area contributed by atoms with Crippen molar-refractivity contribution in [2.75, 3.05) is 45.0 Å². The second kappa shape index (κ2) is 6.10. The van der Waals surface area contributed by atoms with Gasteiger partial charge in [-0.15, -0.1) is 0 Å². The molecule has 1 rings (SSSR count). The molecule has 3 N–H and O–H groups in total. The third-order valence-electron chi connectivity index (χ3n) is 2.56. The third-order valence-corrected chi connectivity index (χ3v) is 2.56. The number of nitrogens with one attached hydrogen (secondary N) is 1. The van der Waals surface area contributed by atoms with Crippen molar-refractivity contribution in [3.05, 3.63) is 23.8 Å². The Morgan fingerprint density at radius 2 is 2.24 bits per heavy atom. The number of amides is 1. The highest BCUT2D eigenvalue weighted by atomic mass is 16.5. The molecule has 0 radical (unpaired) electrons. The lowest BCUT2D eigenvalue weighted by Gasteiger charge is -2.21. The summed E-state index contributed by atoms with van der Waals surface area (Å²) in [6.07, 6.45) is 0. The summed E-state index contributed by atoms with van der Waals surface area (Å²) < 4.78 is 5.01. The molecule has 5 nitrogen and oxygen atoms in total. The number of nitrogens with two attached hydrogens (primary N) is 1. The monoisotopic (exact) mass is 237 g/mol. The first-order chi connectivity index (χ1) is 8.10. The third kappa shape index (κ3) is 3.35. The number of anilines is 2. The van der Waals surface area contributed by atoms with Crippen LogP contribution < -0.4 is 16.0 Å². The Balaban J connectivity index is 2.85. The van der Waals surface area contributed by atoms with E-state index in [0.29, 0.717) is 17.9 Å². The highest BCUT2D eigenvalue weighted by Gasteiger charge is 2.09. The number of hydrogen-bond donors (Lipinski definition) is 2. The lowest BCUT2D eigenvalue weighted by Crippen LogP contribution is -2.23. The fourth-order valence-corrected chi connectivity index (χ4v) is 1.54. The maximum absolute atomic E-state index is 11.4. The largest absolute Gasteiger partial charge is 0.397 e. The van der Waals surface area contributed by atoms with Crippen molar-refractivity contribution in [2.24, 2.45) is 0 Å². The first-order valence-corrected chi connectivity index (χ1v) is 5.41. The molecule has 0 saturated carbocycles. The molecule has 94 valence electrons. The summed E-state index contributed by atoms with van der Waals surface area (Å²) in [6.45, 7) is 1.38. The maximum atomic E-state index is 11.4. The van der Waals surface area contributed by atoms with Gasteiger partial charge in [-0.2, -0.15) is 0 Å². The van der Waals surface area contributed by atoms with Crippen LogP contribution in [0.1, 0.15) is 10.4 Å². The van der Waals surface area contributed by atoms with Crippen molar-refractivity contribution in [1.82, 2.24) is 5.32 Å². The van der Waals surface area contributed by atoms with E-state index in [1.54, 1.807) is 26.3 Å². The van der Waals surface area contributed by atoms with Crippen LogP contribution in [0, 0.1) is 0 Å². The molecule has 0 aliphatic heterocycles. The molecule has 1 aromatic carbocycles. The molecule has 17 heavy (non-hydrogen) atoms. The summed E-state index contributed by atoms with van der Waals surface area (Å²) in [7, 11) is 5.19. The number of nitrogens with zero attached hydrogens (tertiary/aromatic N) is 1. The van der Waals surface area contributed by atoms with Gasteiger partial charge < -0.3 is 20.7 Å². The Morgan fingerprint density at radius 3 is 2.76 bits per heavy atom. The molecule has 0 aromatic heterocycles. The minimum atomic E-state index is -0.136. The van der Waals surface area contributed by atoms with Gasteiger partial charge >= 0.3 is 0 Å². The number of likely N-dealkylation sites (N-methyl/N-ethyl adjacent to an activating group) is 1. The van der Waals surface area contributed by atoms with E-state index in [1.807, 2.05) is 18.0 Å². The Bertz CT molecular complexity index is 393. The average Bonchev–Trinajstić information content (AvgIpc) is 2.34. The van der Waals surface area contributed by atoms with Crippen LogP contribution in [0.15, 0.2) is 18.2 Å². The molecule has 1 aromatic rings. The zero-order valence-electron chi connectivity index (χ0n) is 10.5. The molecule has 0 atom stereocenters. The predicted molar refractivity (Wildman–Crippen MR) is 69.4 cm³/mol. The average molecular weight is 237 g/mol. The number of methoxy groups -OCH3 is 1. The van der Waals surface area contributed by atoms with Crippen LogP contribution in [-0.2, 0) is 4.74 Å². The second-order valence-corrected chi connectivity index (χ2v) is 3.77. The first kappa shape index (κ1) is 13.3. The van der Waals surface area contributed by atoms with Crippen LogP contribution >= 0.6 is 0 Å². The van der Waals surface area contributed by atoms with Gasteiger partial charge in [-0.3, -0.25) is 4.79 Å². The van der Waals surface area contributed by atoms with E-state index in [9.17, 15) is 4.79 Å². The van der Waals surface area contributed by atoms with Gasteiger partial charge in [-0.25, -0.2) is 0 Å². The maximum Gasteiger partial charge on any atom is 0.251 e. The van der Waals surface area contributed by atoms with Gasteiger partial charge in [0.25, 0.3) is 5.91 Å². The highest BCUT2D eigenvalue weighted by molar-refractivity contribution is 5.95. The van der Waals surface area contributed by atoms with Crippen LogP contribution in [0.3, 0.4) is 0 Å². The summed E-state index contributed by atoms with van der Waals surface area (Å²) >= 11 is 0. The minimum absolute atomic E-state index is 0.136. The molecular weight excluding hydrogens is 218 g/mol. The standard InChI is InChI=1S/C12H19N3O2/c1-14-12(16)9-4-5-11(10(13)8-9)15(2)6-7-17-3/h4-5,8H,6-7,13H2,1-3H3,(H,14,16). The van der Waals surface area contributed by atoms with Gasteiger partial charge in [-0.05, 0) is 18.2 Å². The summed E-state index contributed by atoms with van der Waals surface area (Å²) in [4.78, 5) is 13.4. The zero-order chi connectivity index (χ0) is 12.8. The van der Waals surface area contributed by atoms with Crippen molar-refractivity contribution in [3.8, 4) is 0 Å². The number of hydrogen-bond acceptors (Lipinski definition) is 4. The predicted octanol–water partition coefficient (Wildman–Crippen LogP) is 0.711.